The number of halogens is 1. The van der Waals surface area contributed by atoms with Gasteiger partial charge >= 0.3 is 0 Å². The molecule has 0 unspecified atom stereocenters. The lowest BCUT2D eigenvalue weighted by molar-refractivity contribution is -0.870. The van der Waals surface area contributed by atoms with Gasteiger partial charge in [0.05, 0.1) is 27.7 Å². The summed E-state index contributed by atoms with van der Waals surface area (Å²) in [6.07, 6.45) is 1.57. The van der Waals surface area contributed by atoms with Gasteiger partial charge in [0, 0.05) is 18.4 Å². The van der Waals surface area contributed by atoms with Crippen molar-refractivity contribution in [2.45, 2.75) is 39.2 Å². The summed E-state index contributed by atoms with van der Waals surface area (Å²) in [5.41, 5.74) is -0.0847. The van der Waals surface area contributed by atoms with Gasteiger partial charge in [-0.15, -0.1) is 0 Å². The molecule has 1 amide bonds. The van der Waals surface area contributed by atoms with Crippen LogP contribution in [0.4, 0.5) is 0 Å². The molecule has 0 aliphatic rings. The SMILES string of the molecule is CCC(=O)NC(C)(C)CC[N+](C)(C)C.[Cl-]. The molecule has 0 heterocycles. The van der Waals surface area contributed by atoms with Crippen LogP contribution in [0.3, 0.4) is 0 Å². The third-order valence-electron chi connectivity index (χ3n) is 2.21. The van der Waals surface area contributed by atoms with Crippen LogP contribution in [0.2, 0.25) is 0 Å². The summed E-state index contributed by atoms with van der Waals surface area (Å²) < 4.78 is 0.936. The number of hydrogen-bond acceptors (Lipinski definition) is 1. The van der Waals surface area contributed by atoms with E-state index in [1.165, 1.54) is 0 Å². The fourth-order valence-corrected chi connectivity index (χ4v) is 1.14. The monoisotopic (exact) mass is 236 g/mol. The summed E-state index contributed by atoms with van der Waals surface area (Å²) in [6.45, 7) is 7.11. The van der Waals surface area contributed by atoms with E-state index >= 15 is 0 Å². The number of amides is 1. The van der Waals surface area contributed by atoms with Crippen molar-refractivity contribution >= 4 is 5.91 Å². The molecule has 15 heavy (non-hydrogen) atoms. The van der Waals surface area contributed by atoms with Crippen LogP contribution in [0.25, 0.3) is 0 Å². The minimum Gasteiger partial charge on any atom is -1.00 e. The highest BCUT2D eigenvalue weighted by Gasteiger charge is 2.22. The van der Waals surface area contributed by atoms with E-state index in [0.29, 0.717) is 6.42 Å². The topological polar surface area (TPSA) is 29.1 Å². The Bertz CT molecular complexity index is 197. The Balaban J connectivity index is 0. The number of nitrogens with one attached hydrogen (secondary N) is 1. The number of quaternary nitrogens is 1. The van der Waals surface area contributed by atoms with E-state index in [1.54, 1.807) is 0 Å². The van der Waals surface area contributed by atoms with Crippen molar-refractivity contribution in [3.8, 4) is 0 Å². The zero-order valence-corrected chi connectivity index (χ0v) is 11.6. The molecule has 0 saturated carbocycles. The molecule has 3 nitrogen and oxygen atoms in total. The summed E-state index contributed by atoms with van der Waals surface area (Å²) >= 11 is 0. The van der Waals surface area contributed by atoms with Gasteiger partial charge in [-0.05, 0) is 13.8 Å². The molecule has 0 aliphatic carbocycles. The number of rotatable bonds is 5. The lowest BCUT2D eigenvalue weighted by Crippen LogP contribution is -3.00. The first-order chi connectivity index (χ1) is 6.16. The highest BCUT2D eigenvalue weighted by molar-refractivity contribution is 5.76. The van der Waals surface area contributed by atoms with Gasteiger partial charge in [-0.3, -0.25) is 4.79 Å². The molecular weight excluding hydrogens is 212 g/mol. The van der Waals surface area contributed by atoms with Crippen LogP contribution in [0.15, 0.2) is 0 Å². The third-order valence-corrected chi connectivity index (χ3v) is 2.21. The smallest absolute Gasteiger partial charge is 0.220 e. The van der Waals surface area contributed by atoms with Crippen molar-refractivity contribution in [3.05, 3.63) is 0 Å². The Labute approximate surface area is 100 Å². The van der Waals surface area contributed by atoms with Crippen molar-refractivity contribution in [1.29, 1.82) is 0 Å². The largest absolute Gasteiger partial charge is 1.00 e. The fourth-order valence-electron chi connectivity index (χ4n) is 1.14. The predicted molar refractivity (Wildman–Crippen MR) is 60.0 cm³/mol. The molecule has 0 fully saturated rings. The summed E-state index contributed by atoms with van der Waals surface area (Å²) in [4.78, 5) is 11.2. The van der Waals surface area contributed by atoms with Crippen LogP contribution in [-0.4, -0.2) is 43.6 Å². The molecular formula is C11H25ClN2O. The fraction of sp³-hybridized carbons (Fsp3) is 0.909. The minimum atomic E-state index is -0.0847. The molecule has 92 valence electrons. The lowest BCUT2D eigenvalue weighted by atomic mass is 10.00. The maximum absolute atomic E-state index is 11.2. The number of carbonyl (C=O) groups is 1. The molecule has 0 aliphatic heterocycles. The number of nitrogens with zero attached hydrogens (tertiary/aromatic N) is 1. The Kier molecular flexibility index (Phi) is 7.23. The highest BCUT2D eigenvalue weighted by Crippen LogP contribution is 2.10. The van der Waals surface area contributed by atoms with Crippen LogP contribution in [0, 0.1) is 0 Å². The van der Waals surface area contributed by atoms with E-state index in [-0.39, 0.29) is 23.9 Å². The first kappa shape index (κ1) is 17.1. The van der Waals surface area contributed by atoms with Crippen molar-refractivity contribution in [2.24, 2.45) is 0 Å². The molecule has 0 radical (unpaired) electrons. The van der Waals surface area contributed by atoms with E-state index in [0.717, 1.165) is 17.4 Å². The van der Waals surface area contributed by atoms with Gasteiger partial charge < -0.3 is 22.2 Å². The zero-order chi connectivity index (χ0) is 11.4. The maximum atomic E-state index is 11.2. The lowest BCUT2D eigenvalue weighted by Gasteiger charge is -2.31. The average molecular weight is 237 g/mol. The Morgan fingerprint density at radius 1 is 1.27 bits per heavy atom. The van der Waals surface area contributed by atoms with E-state index in [1.807, 2.05) is 6.92 Å². The third kappa shape index (κ3) is 10.0. The quantitative estimate of drug-likeness (QED) is 0.572. The zero-order valence-electron chi connectivity index (χ0n) is 10.9. The van der Waals surface area contributed by atoms with E-state index in [4.69, 9.17) is 0 Å². The van der Waals surface area contributed by atoms with E-state index in [9.17, 15) is 4.79 Å². The van der Waals surface area contributed by atoms with Crippen LogP contribution in [-0.2, 0) is 4.79 Å². The normalized spacial score (nSPS) is 11.9. The summed E-state index contributed by atoms with van der Waals surface area (Å²) in [5.74, 6) is 0.136. The molecule has 0 aromatic heterocycles. The van der Waals surface area contributed by atoms with Crippen LogP contribution in [0.5, 0.6) is 0 Å². The molecule has 0 atom stereocenters. The van der Waals surface area contributed by atoms with Gasteiger partial charge in [0.25, 0.3) is 0 Å². The Morgan fingerprint density at radius 2 is 1.73 bits per heavy atom. The summed E-state index contributed by atoms with van der Waals surface area (Å²) in [5, 5.41) is 3.03. The highest BCUT2D eigenvalue weighted by atomic mass is 35.5. The molecule has 0 bridgehead atoms. The van der Waals surface area contributed by atoms with Gasteiger partial charge in [0.15, 0.2) is 0 Å². The van der Waals surface area contributed by atoms with Crippen molar-refractivity contribution in [1.82, 2.24) is 5.32 Å². The second-order valence-electron chi connectivity index (χ2n) is 5.55. The van der Waals surface area contributed by atoms with E-state index < -0.39 is 0 Å². The predicted octanol–water partition coefficient (Wildman–Crippen LogP) is -1.61. The summed E-state index contributed by atoms with van der Waals surface area (Å²) in [6, 6.07) is 0. The average Bonchev–Trinajstić information content (AvgIpc) is 1.99. The van der Waals surface area contributed by atoms with Crippen molar-refractivity contribution < 1.29 is 21.7 Å². The molecule has 0 saturated heterocycles. The van der Waals surface area contributed by atoms with Crippen LogP contribution in [0.1, 0.15) is 33.6 Å². The Hall–Kier alpha value is -0.280. The first-order valence-corrected chi connectivity index (χ1v) is 5.28. The molecule has 0 aromatic carbocycles. The molecule has 0 spiro atoms. The first-order valence-electron chi connectivity index (χ1n) is 5.28. The van der Waals surface area contributed by atoms with Gasteiger partial charge in [-0.2, -0.15) is 0 Å². The number of carbonyl (C=O) groups excluding carboxylic acids is 1. The maximum Gasteiger partial charge on any atom is 0.220 e. The van der Waals surface area contributed by atoms with Crippen molar-refractivity contribution in [2.75, 3.05) is 27.7 Å². The molecule has 1 N–H and O–H groups in total. The Morgan fingerprint density at radius 3 is 2.07 bits per heavy atom. The standard InChI is InChI=1S/C11H24N2O.ClH/c1-7-10(14)12-11(2,3)8-9-13(4,5)6;/h7-9H2,1-6H3;1H. The van der Waals surface area contributed by atoms with Gasteiger partial charge in [-0.25, -0.2) is 0 Å². The van der Waals surface area contributed by atoms with Gasteiger partial charge in [0.1, 0.15) is 0 Å². The van der Waals surface area contributed by atoms with Gasteiger partial charge in [0.2, 0.25) is 5.91 Å². The second kappa shape index (κ2) is 6.33. The number of hydrogen-bond donors (Lipinski definition) is 1. The summed E-state index contributed by atoms with van der Waals surface area (Å²) in [7, 11) is 6.49. The molecule has 4 heteroatoms. The van der Waals surface area contributed by atoms with E-state index in [2.05, 4.69) is 40.3 Å². The molecule has 0 aromatic rings. The van der Waals surface area contributed by atoms with Crippen molar-refractivity contribution in [3.63, 3.8) is 0 Å². The molecule has 0 rings (SSSR count). The van der Waals surface area contributed by atoms with Gasteiger partial charge in [-0.1, -0.05) is 6.92 Å². The van der Waals surface area contributed by atoms with Crippen LogP contribution >= 0.6 is 0 Å². The van der Waals surface area contributed by atoms with Crippen LogP contribution < -0.4 is 17.7 Å². The second-order valence-corrected chi connectivity index (χ2v) is 5.55. The minimum absolute atomic E-state index is 0.